The van der Waals surface area contributed by atoms with Crippen LogP contribution in [0.2, 0.25) is 0 Å². The van der Waals surface area contributed by atoms with Crippen LogP contribution in [0.1, 0.15) is 18.7 Å². The zero-order valence-corrected chi connectivity index (χ0v) is 11.3. The molecule has 2 heterocycles. The molecule has 0 spiro atoms. The van der Waals surface area contributed by atoms with E-state index in [0.29, 0.717) is 5.82 Å². The van der Waals surface area contributed by atoms with Crippen LogP contribution in [0.3, 0.4) is 0 Å². The van der Waals surface area contributed by atoms with E-state index in [-0.39, 0.29) is 0 Å². The van der Waals surface area contributed by atoms with Crippen molar-refractivity contribution in [2.45, 2.75) is 19.4 Å². The molecule has 0 aromatic carbocycles. The van der Waals surface area contributed by atoms with E-state index in [1.54, 1.807) is 12.3 Å². The molecular formula is C13H23N5. The fourth-order valence-corrected chi connectivity index (χ4v) is 2.66. The molecule has 100 valence electrons. The van der Waals surface area contributed by atoms with E-state index in [4.69, 9.17) is 5.73 Å². The van der Waals surface area contributed by atoms with Crippen molar-refractivity contribution < 1.29 is 0 Å². The Morgan fingerprint density at radius 2 is 2.39 bits per heavy atom. The van der Waals surface area contributed by atoms with Gasteiger partial charge in [0.15, 0.2) is 0 Å². The highest BCUT2D eigenvalue weighted by Gasteiger charge is 2.18. The van der Waals surface area contributed by atoms with Gasteiger partial charge in [0, 0.05) is 19.3 Å². The van der Waals surface area contributed by atoms with Crippen LogP contribution < -0.4 is 5.73 Å². The summed E-state index contributed by atoms with van der Waals surface area (Å²) >= 11 is 0. The van der Waals surface area contributed by atoms with E-state index in [2.05, 4.69) is 33.9 Å². The molecule has 18 heavy (non-hydrogen) atoms. The lowest BCUT2D eigenvalue weighted by molar-refractivity contribution is 0.162. The Morgan fingerprint density at radius 3 is 3.11 bits per heavy atom. The van der Waals surface area contributed by atoms with Crippen molar-refractivity contribution in [3.05, 3.63) is 18.1 Å². The fourth-order valence-electron chi connectivity index (χ4n) is 2.66. The Labute approximate surface area is 109 Å². The van der Waals surface area contributed by atoms with Crippen LogP contribution in [0.4, 0.5) is 5.82 Å². The standard InChI is InChI=1S/C13H23N5/c1-17-7-3-4-11(8-17)9-18(2)10-13-15-6-5-12(14)16-13/h5-6,11H,3-4,7-10H2,1-2H3,(H2,14,15,16). The summed E-state index contributed by atoms with van der Waals surface area (Å²) < 4.78 is 0. The topological polar surface area (TPSA) is 58.3 Å². The maximum absolute atomic E-state index is 5.66. The molecule has 1 aliphatic rings. The van der Waals surface area contributed by atoms with Gasteiger partial charge in [-0.05, 0) is 45.5 Å². The van der Waals surface area contributed by atoms with Gasteiger partial charge in [0.1, 0.15) is 11.6 Å². The maximum atomic E-state index is 5.66. The third-order valence-electron chi connectivity index (χ3n) is 3.43. The quantitative estimate of drug-likeness (QED) is 0.856. The number of hydrogen-bond acceptors (Lipinski definition) is 5. The predicted octanol–water partition coefficient (Wildman–Crippen LogP) is 0.832. The number of hydrogen-bond donors (Lipinski definition) is 1. The molecular weight excluding hydrogens is 226 g/mol. The van der Waals surface area contributed by atoms with Gasteiger partial charge in [-0.3, -0.25) is 4.90 Å². The van der Waals surface area contributed by atoms with E-state index < -0.39 is 0 Å². The van der Waals surface area contributed by atoms with E-state index in [9.17, 15) is 0 Å². The zero-order valence-electron chi connectivity index (χ0n) is 11.3. The Bertz CT molecular complexity index is 381. The van der Waals surface area contributed by atoms with Gasteiger partial charge in [0.2, 0.25) is 0 Å². The SMILES string of the molecule is CN1CCCC(CN(C)Cc2nccc(N)n2)C1. The number of anilines is 1. The molecule has 1 fully saturated rings. The van der Waals surface area contributed by atoms with Crippen LogP contribution in [0.15, 0.2) is 12.3 Å². The lowest BCUT2D eigenvalue weighted by atomic mass is 9.98. The van der Waals surface area contributed by atoms with Crippen LogP contribution in [-0.2, 0) is 6.54 Å². The Hall–Kier alpha value is -1.20. The van der Waals surface area contributed by atoms with Gasteiger partial charge in [-0.15, -0.1) is 0 Å². The first-order valence-corrected chi connectivity index (χ1v) is 6.58. The summed E-state index contributed by atoms with van der Waals surface area (Å²) in [6.45, 7) is 4.30. The molecule has 0 aliphatic carbocycles. The third kappa shape index (κ3) is 3.92. The van der Waals surface area contributed by atoms with Crippen LogP contribution >= 0.6 is 0 Å². The second-order valence-corrected chi connectivity index (χ2v) is 5.36. The lowest BCUT2D eigenvalue weighted by Crippen LogP contribution is -2.38. The highest BCUT2D eigenvalue weighted by atomic mass is 15.1. The van der Waals surface area contributed by atoms with Gasteiger partial charge in [-0.1, -0.05) is 0 Å². The Kier molecular flexibility index (Phi) is 4.49. The maximum Gasteiger partial charge on any atom is 0.144 e. The van der Waals surface area contributed by atoms with Gasteiger partial charge in [-0.2, -0.15) is 0 Å². The Morgan fingerprint density at radius 1 is 1.56 bits per heavy atom. The number of nitrogen functional groups attached to an aromatic ring is 1. The highest BCUT2D eigenvalue weighted by molar-refractivity contribution is 5.24. The molecule has 0 radical (unpaired) electrons. The second-order valence-electron chi connectivity index (χ2n) is 5.36. The molecule has 1 atom stereocenters. The largest absolute Gasteiger partial charge is 0.384 e. The van der Waals surface area contributed by atoms with Crippen LogP contribution in [0.25, 0.3) is 0 Å². The lowest BCUT2D eigenvalue weighted by Gasteiger charge is -2.32. The molecule has 1 aromatic rings. The molecule has 1 aliphatic heterocycles. The summed E-state index contributed by atoms with van der Waals surface area (Å²) in [5, 5.41) is 0. The number of nitrogens with two attached hydrogens (primary N) is 1. The third-order valence-corrected chi connectivity index (χ3v) is 3.43. The summed E-state index contributed by atoms with van der Waals surface area (Å²) in [5.41, 5.74) is 5.66. The molecule has 5 nitrogen and oxygen atoms in total. The highest BCUT2D eigenvalue weighted by Crippen LogP contribution is 2.16. The molecule has 2 N–H and O–H groups in total. The first-order valence-electron chi connectivity index (χ1n) is 6.58. The monoisotopic (exact) mass is 249 g/mol. The van der Waals surface area contributed by atoms with Crippen molar-refractivity contribution in [3.63, 3.8) is 0 Å². The fraction of sp³-hybridized carbons (Fsp3) is 0.692. The van der Waals surface area contributed by atoms with Crippen molar-refractivity contribution in [3.8, 4) is 0 Å². The number of aromatic nitrogens is 2. The minimum atomic E-state index is 0.547. The van der Waals surface area contributed by atoms with Crippen LogP contribution in [0, 0.1) is 5.92 Å². The number of piperidine rings is 1. The van der Waals surface area contributed by atoms with Crippen LogP contribution in [0.5, 0.6) is 0 Å². The summed E-state index contributed by atoms with van der Waals surface area (Å²) in [4.78, 5) is 13.2. The van der Waals surface area contributed by atoms with Crippen molar-refractivity contribution in [2.24, 2.45) is 5.92 Å². The average Bonchev–Trinajstić information content (AvgIpc) is 2.28. The van der Waals surface area contributed by atoms with E-state index in [1.165, 1.54) is 25.9 Å². The minimum absolute atomic E-state index is 0.547. The molecule has 1 aromatic heterocycles. The first-order chi connectivity index (χ1) is 8.63. The van der Waals surface area contributed by atoms with Crippen molar-refractivity contribution in [1.29, 1.82) is 0 Å². The van der Waals surface area contributed by atoms with Gasteiger partial charge >= 0.3 is 0 Å². The normalized spacial score (nSPS) is 21.4. The molecule has 0 saturated carbocycles. The molecule has 1 saturated heterocycles. The van der Waals surface area contributed by atoms with E-state index >= 15 is 0 Å². The smallest absolute Gasteiger partial charge is 0.144 e. The molecule has 5 heteroatoms. The summed E-state index contributed by atoms with van der Waals surface area (Å²) in [6, 6.07) is 1.72. The number of rotatable bonds is 4. The van der Waals surface area contributed by atoms with Crippen molar-refractivity contribution >= 4 is 5.82 Å². The number of likely N-dealkylation sites (tertiary alicyclic amines) is 1. The Balaban J connectivity index is 1.82. The molecule has 0 bridgehead atoms. The van der Waals surface area contributed by atoms with E-state index in [0.717, 1.165) is 24.8 Å². The summed E-state index contributed by atoms with van der Waals surface area (Å²) in [5.74, 6) is 2.11. The van der Waals surface area contributed by atoms with Gasteiger partial charge in [-0.25, -0.2) is 9.97 Å². The summed E-state index contributed by atoms with van der Waals surface area (Å²) in [6.07, 6.45) is 4.36. The average molecular weight is 249 g/mol. The van der Waals surface area contributed by atoms with Crippen molar-refractivity contribution in [1.82, 2.24) is 19.8 Å². The van der Waals surface area contributed by atoms with Crippen LogP contribution in [-0.4, -0.2) is 53.5 Å². The zero-order chi connectivity index (χ0) is 13.0. The molecule has 1 unspecified atom stereocenters. The summed E-state index contributed by atoms with van der Waals surface area (Å²) in [7, 11) is 4.33. The van der Waals surface area contributed by atoms with E-state index in [1.807, 2.05) is 0 Å². The van der Waals surface area contributed by atoms with Gasteiger partial charge in [0.05, 0.1) is 6.54 Å². The van der Waals surface area contributed by atoms with Gasteiger partial charge in [0.25, 0.3) is 0 Å². The minimum Gasteiger partial charge on any atom is -0.384 e. The number of nitrogens with zero attached hydrogens (tertiary/aromatic N) is 4. The molecule has 2 rings (SSSR count). The molecule has 0 amide bonds. The second kappa shape index (κ2) is 6.11. The predicted molar refractivity (Wildman–Crippen MR) is 73.0 cm³/mol. The van der Waals surface area contributed by atoms with Gasteiger partial charge < -0.3 is 10.6 Å². The first kappa shape index (κ1) is 13.2. The van der Waals surface area contributed by atoms with Crippen molar-refractivity contribution in [2.75, 3.05) is 39.5 Å².